The van der Waals surface area contributed by atoms with Crippen LogP contribution in [-0.2, 0) is 32.7 Å². The molecule has 2 aliphatic rings. The van der Waals surface area contributed by atoms with Crippen molar-refractivity contribution in [2.45, 2.75) is 39.2 Å². The van der Waals surface area contributed by atoms with Crippen molar-refractivity contribution in [3.8, 4) is 11.1 Å². The van der Waals surface area contributed by atoms with Gasteiger partial charge in [0.25, 0.3) is 0 Å². The minimum atomic E-state index is -0.617. The fraction of sp³-hybridized carbons (Fsp3) is 0.276. The van der Waals surface area contributed by atoms with E-state index in [0.717, 1.165) is 39.5 Å². The lowest BCUT2D eigenvalue weighted by molar-refractivity contribution is -0.121. The summed E-state index contributed by atoms with van der Waals surface area (Å²) in [6.45, 7) is 6.95. The van der Waals surface area contributed by atoms with Crippen LogP contribution < -0.4 is 10.2 Å². The predicted octanol–water partition coefficient (Wildman–Crippen LogP) is 4.43. The van der Waals surface area contributed by atoms with E-state index in [-0.39, 0.29) is 11.8 Å². The topological polar surface area (TPSA) is 102 Å². The van der Waals surface area contributed by atoms with Gasteiger partial charge in [0.05, 0.1) is 30.7 Å². The number of carbonyl (C=O) groups is 2. The summed E-state index contributed by atoms with van der Waals surface area (Å²) >= 11 is 0. The molecule has 4 heterocycles. The Bertz CT molecular complexity index is 1470. The van der Waals surface area contributed by atoms with Gasteiger partial charge in [-0.3, -0.25) is 19.2 Å². The molecule has 9 heteroatoms. The van der Waals surface area contributed by atoms with Crippen LogP contribution in [0.25, 0.3) is 11.1 Å². The van der Waals surface area contributed by atoms with E-state index in [1.807, 2.05) is 75.5 Å². The van der Waals surface area contributed by atoms with Crippen molar-refractivity contribution in [1.82, 2.24) is 19.7 Å². The molecule has 0 radical (unpaired) electrons. The van der Waals surface area contributed by atoms with E-state index in [1.165, 1.54) is 0 Å². The molecule has 2 aromatic carbocycles. The highest BCUT2D eigenvalue weighted by Gasteiger charge is 2.45. The number of nitrogens with zero attached hydrogens (tertiary/aromatic N) is 5. The van der Waals surface area contributed by atoms with Gasteiger partial charge >= 0.3 is 0 Å². The van der Waals surface area contributed by atoms with Crippen LogP contribution in [0.3, 0.4) is 0 Å². The number of hydrogen-bond donors (Lipinski definition) is 1. The van der Waals surface area contributed by atoms with E-state index in [0.29, 0.717) is 25.4 Å². The van der Waals surface area contributed by atoms with Crippen LogP contribution in [0.5, 0.6) is 0 Å². The molecule has 0 aliphatic carbocycles. The molecule has 2 aromatic heterocycles. The maximum Gasteiger partial charge on any atom is 0.242 e. The number of amides is 2. The smallest absolute Gasteiger partial charge is 0.242 e. The van der Waals surface area contributed by atoms with Crippen LogP contribution in [0.4, 0.5) is 17.2 Å². The molecule has 0 saturated heterocycles. The summed E-state index contributed by atoms with van der Waals surface area (Å²) in [5.74, 6) is 1.45. The molecule has 38 heavy (non-hydrogen) atoms. The van der Waals surface area contributed by atoms with Crippen LogP contribution in [0, 0.1) is 6.92 Å². The Hall–Kier alpha value is -4.37. The van der Waals surface area contributed by atoms with Gasteiger partial charge < -0.3 is 10.1 Å². The fourth-order valence-electron chi connectivity index (χ4n) is 4.64. The van der Waals surface area contributed by atoms with Gasteiger partial charge in [-0.05, 0) is 49.6 Å². The number of aryl methyl sites for hydroxylation is 1. The molecule has 0 atom stereocenters. The minimum Gasteiger partial charge on any atom is -0.383 e. The van der Waals surface area contributed by atoms with Crippen LogP contribution in [0.15, 0.2) is 67.1 Å². The number of nitrogens with one attached hydrogen (secondary N) is 1. The van der Waals surface area contributed by atoms with Gasteiger partial charge in [0.1, 0.15) is 5.82 Å². The first-order valence-electron chi connectivity index (χ1n) is 12.5. The van der Waals surface area contributed by atoms with Crippen molar-refractivity contribution in [1.29, 1.82) is 0 Å². The molecular weight excluding hydrogens is 480 g/mol. The Morgan fingerprint density at radius 3 is 2.53 bits per heavy atom. The quantitative estimate of drug-likeness (QED) is 0.426. The largest absolute Gasteiger partial charge is 0.383 e. The van der Waals surface area contributed by atoms with Crippen LogP contribution in [0.1, 0.15) is 30.8 Å². The SMILES string of the molecule is COCCn1ccc(N2C(=O)C(C)(C)c3ccc(-c4cnc(C)nc4)cc32)n1.O=C1Cc2ccccc2N1. The van der Waals surface area contributed by atoms with E-state index >= 15 is 0 Å². The van der Waals surface area contributed by atoms with Gasteiger partial charge in [-0.15, -0.1) is 0 Å². The molecule has 0 spiro atoms. The number of hydrogen-bond acceptors (Lipinski definition) is 6. The summed E-state index contributed by atoms with van der Waals surface area (Å²) in [4.78, 5) is 34.3. The second kappa shape index (κ2) is 10.2. The van der Waals surface area contributed by atoms with E-state index in [4.69, 9.17) is 4.74 Å². The van der Waals surface area contributed by atoms with Crippen molar-refractivity contribution in [2.24, 2.45) is 0 Å². The molecule has 0 saturated carbocycles. The van der Waals surface area contributed by atoms with Crippen molar-refractivity contribution in [2.75, 3.05) is 23.9 Å². The Morgan fingerprint density at radius 1 is 1.03 bits per heavy atom. The van der Waals surface area contributed by atoms with E-state index < -0.39 is 5.41 Å². The fourth-order valence-corrected chi connectivity index (χ4v) is 4.64. The Morgan fingerprint density at radius 2 is 1.79 bits per heavy atom. The maximum atomic E-state index is 13.2. The number of rotatable bonds is 5. The zero-order chi connectivity index (χ0) is 26.9. The number of anilines is 3. The predicted molar refractivity (Wildman–Crippen MR) is 145 cm³/mol. The lowest BCUT2D eigenvalue weighted by atomic mass is 9.85. The van der Waals surface area contributed by atoms with E-state index in [9.17, 15) is 9.59 Å². The molecule has 2 amide bonds. The second-order valence-corrected chi connectivity index (χ2v) is 9.83. The summed E-state index contributed by atoms with van der Waals surface area (Å²) in [6.07, 6.45) is 6.01. The third-order valence-electron chi connectivity index (χ3n) is 6.79. The monoisotopic (exact) mass is 510 g/mol. The molecule has 9 nitrogen and oxygen atoms in total. The van der Waals surface area contributed by atoms with Crippen molar-refractivity contribution in [3.05, 3.63) is 84.1 Å². The molecule has 6 rings (SSSR count). The lowest BCUT2D eigenvalue weighted by Gasteiger charge is -2.18. The van der Waals surface area contributed by atoms with Crippen LogP contribution in [0.2, 0.25) is 0 Å². The summed E-state index contributed by atoms with van der Waals surface area (Å²) in [5, 5.41) is 7.33. The van der Waals surface area contributed by atoms with Gasteiger partial charge in [0.2, 0.25) is 11.8 Å². The summed E-state index contributed by atoms with van der Waals surface area (Å²) in [6, 6.07) is 15.7. The van der Waals surface area contributed by atoms with E-state index in [1.54, 1.807) is 29.1 Å². The molecule has 0 fully saturated rings. The Balaban J connectivity index is 0.000000244. The molecule has 0 bridgehead atoms. The first-order valence-corrected chi connectivity index (χ1v) is 12.5. The third kappa shape index (κ3) is 4.80. The molecule has 1 N–H and O–H groups in total. The van der Waals surface area contributed by atoms with Crippen LogP contribution >= 0.6 is 0 Å². The van der Waals surface area contributed by atoms with Gasteiger partial charge in [0, 0.05) is 43.0 Å². The van der Waals surface area contributed by atoms with Gasteiger partial charge in [-0.1, -0.05) is 30.3 Å². The average molecular weight is 511 g/mol. The first-order chi connectivity index (χ1) is 18.3. The van der Waals surface area contributed by atoms with Crippen molar-refractivity contribution >= 4 is 29.0 Å². The first kappa shape index (κ1) is 25.3. The normalized spacial score (nSPS) is 15.0. The second-order valence-electron chi connectivity index (χ2n) is 9.83. The third-order valence-corrected chi connectivity index (χ3v) is 6.79. The summed E-state index contributed by atoms with van der Waals surface area (Å²) in [7, 11) is 1.66. The molecule has 4 aromatic rings. The molecule has 2 aliphatic heterocycles. The highest BCUT2D eigenvalue weighted by molar-refractivity contribution is 6.12. The molecule has 0 unspecified atom stereocenters. The van der Waals surface area contributed by atoms with Crippen molar-refractivity contribution in [3.63, 3.8) is 0 Å². The number of carbonyl (C=O) groups excluding carboxylic acids is 2. The Kier molecular flexibility index (Phi) is 6.77. The number of para-hydroxylation sites is 1. The lowest BCUT2D eigenvalue weighted by Crippen LogP contribution is -2.33. The number of benzene rings is 2. The number of methoxy groups -OCH3 is 1. The number of fused-ring (bicyclic) bond motifs is 2. The Labute approximate surface area is 221 Å². The zero-order valence-electron chi connectivity index (χ0n) is 21.9. The average Bonchev–Trinajstić information content (AvgIpc) is 3.58. The van der Waals surface area contributed by atoms with Gasteiger partial charge in [0.15, 0.2) is 5.82 Å². The minimum absolute atomic E-state index is 0.0109. The standard InChI is InChI=1S/C21H23N5O2.C8H7NO/c1-14-22-12-16(13-23-14)15-5-6-17-18(11-15)26(20(27)21(17,2)3)19-7-8-25(24-19)9-10-28-4;10-8-5-6-3-1-2-4-7(6)9-8/h5-8,11-13H,9-10H2,1-4H3;1-4H,5H2,(H,9,10). The molecule has 194 valence electrons. The highest BCUT2D eigenvalue weighted by atomic mass is 16.5. The number of ether oxygens (including phenoxy) is 1. The van der Waals surface area contributed by atoms with Crippen LogP contribution in [-0.4, -0.2) is 45.3 Å². The van der Waals surface area contributed by atoms with E-state index in [2.05, 4.69) is 20.4 Å². The van der Waals surface area contributed by atoms with Gasteiger partial charge in [-0.2, -0.15) is 5.10 Å². The highest BCUT2D eigenvalue weighted by Crippen LogP contribution is 2.46. The molecular formula is C29H30N6O3. The summed E-state index contributed by atoms with van der Waals surface area (Å²) < 4.78 is 6.90. The maximum absolute atomic E-state index is 13.2. The zero-order valence-corrected chi connectivity index (χ0v) is 21.9. The number of aromatic nitrogens is 4. The van der Waals surface area contributed by atoms with Crippen molar-refractivity contribution < 1.29 is 14.3 Å². The van der Waals surface area contributed by atoms with Gasteiger partial charge in [-0.25, -0.2) is 9.97 Å². The summed E-state index contributed by atoms with van der Waals surface area (Å²) in [5.41, 5.74) is 5.17.